The van der Waals surface area contributed by atoms with Crippen LogP contribution in [0.25, 0.3) is 12.2 Å². The molecule has 0 spiro atoms. The van der Waals surface area contributed by atoms with E-state index in [1.807, 2.05) is 35.0 Å². The van der Waals surface area contributed by atoms with Crippen LogP contribution in [-0.4, -0.2) is 16.6 Å². The Morgan fingerprint density at radius 1 is 0.750 bits per heavy atom. The van der Waals surface area contributed by atoms with Crippen molar-refractivity contribution in [2.45, 2.75) is 0 Å². The molecule has 3 heterocycles. The molecule has 0 unspecified atom stereocenters. The van der Waals surface area contributed by atoms with Crippen LogP contribution in [-0.2, 0) is 0 Å². The molecule has 3 aromatic heterocycles. The summed E-state index contributed by atoms with van der Waals surface area (Å²) in [6, 6.07) is 12.6. The lowest BCUT2D eigenvalue weighted by atomic mass is 10.2. The molecule has 0 atom stereocenters. The summed E-state index contributed by atoms with van der Waals surface area (Å²) in [5, 5.41) is 3.89. The molecule has 3 aromatic rings. The van der Waals surface area contributed by atoms with Gasteiger partial charge in [-0.3, -0.25) is 9.59 Å². The summed E-state index contributed by atoms with van der Waals surface area (Å²) in [5.74, 6) is -0.444. The Balaban J connectivity index is 1.73. The molecule has 3 rings (SSSR count). The van der Waals surface area contributed by atoms with Crippen molar-refractivity contribution in [2.75, 3.05) is 0 Å². The van der Waals surface area contributed by atoms with E-state index in [0.717, 1.165) is 9.75 Å². The monoisotopic (exact) mass is 351 g/mol. The van der Waals surface area contributed by atoms with E-state index in [1.54, 1.807) is 53.0 Å². The van der Waals surface area contributed by atoms with Crippen LogP contribution < -0.4 is 0 Å². The highest BCUT2D eigenvalue weighted by atomic mass is 32.1. The van der Waals surface area contributed by atoms with Gasteiger partial charge in [-0.05, 0) is 59.3 Å². The fourth-order valence-electron chi connectivity index (χ4n) is 1.97. The summed E-state index contributed by atoms with van der Waals surface area (Å²) in [5.41, 5.74) is 0.524. The van der Waals surface area contributed by atoms with Gasteiger partial charge in [0.1, 0.15) is 11.4 Å². The molecular weight excluding hydrogens is 338 g/mol. The maximum Gasteiger partial charge on any atom is 0.204 e. The number of allylic oxidation sites excluding steroid dienone is 2. The molecule has 5 heteroatoms. The van der Waals surface area contributed by atoms with Crippen LogP contribution in [0.5, 0.6) is 0 Å². The third-order valence-corrected chi connectivity index (χ3v) is 4.81. The zero-order valence-corrected chi connectivity index (χ0v) is 14.2. The number of aromatic nitrogens is 1. The first-order valence-corrected chi connectivity index (χ1v) is 8.97. The van der Waals surface area contributed by atoms with Crippen molar-refractivity contribution in [3.8, 4) is 0 Å². The lowest BCUT2D eigenvalue weighted by Gasteiger charge is -1.99. The minimum atomic E-state index is -0.222. The number of carbonyl (C=O) groups excluding carboxylic acids is 2. The largest absolute Gasteiger partial charge is 0.288 e. The van der Waals surface area contributed by atoms with E-state index < -0.39 is 0 Å². The average Bonchev–Trinajstić information content (AvgIpc) is 3.31. The summed E-state index contributed by atoms with van der Waals surface area (Å²) in [6.07, 6.45) is 6.45. The topological polar surface area (TPSA) is 47.0 Å². The van der Waals surface area contributed by atoms with Gasteiger partial charge in [0.05, 0.1) is 0 Å². The van der Waals surface area contributed by atoms with Gasteiger partial charge >= 0.3 is 0 Å². The number of hydrogen-bond acceptors (Lipinski definition) is 5. The maximum absolute atomic E-state index is 12.2. The summed E-state index contributed by atoms with van der Waals surface area (Å²) < 4.78 is 0. The number of rotatable bonds is 6. The van der Waals surface area contributed by atoms with E-state index in [4.69, 9.17) is 0 Å². The van der Waals surface area contributed by atoms with Crippen LogP contribution in [0.1, 0.15) is 30.7 Å². The zero-order chi connectivity index (χ0) is 16.8. The van der Waals surface area contributed by atoms with Crippen molar-refractivity contribution in [1.29, 1.82) is 0 Å². The van der Waals surface area contributed by atoms with E-state index in [9.17, 15) is 9.59 Å². The number of pyridine rings is 1. The Morgan fingerprint density at radius 3 is 1.67 bits per heavy atom. The van der Waals surface area contributed by atoms with Crippen molar-refractivity contribution >= 4 is 46.4 Å². The average molecular weight is 351 g/mol. The molecule has 0 aliphatic heterocycles. The molecule has 0 aliphatic carbocycles. The van der Waals surface area contributed by atoms with Gasteiger partial charge in [-0.25, -0.2) is 4.98 Å². The Hall–Kier alpha value is -2.63. The van der Waals surface area contributed by atoms with Crippen molar-refractivity contribution in [3.63, 3.8) is 0 Å². The Morgan fingerprint density at radius 2 is 1.25 bits per heavy atom. The predicted octanol–water partition coefficient (Wildman–Crippen LogP) is 5.00. The Labute approximate surface area is 147 Å². The number of thiophene rings is 2. The van der Waals surface area contributed by atoms with Crippen molar-refractivity contribution in [2.24, 2.45) is 0 Å². The molecule has 3 nitrogen and oxygen atoms in total. The molecule has 0 aliphatic rings. The molecular formula is C19H13NO2S2. The normalized spacial score (nSPS) is 11.3. The molecule has 0 bridgehead atoms. The highest BCUT2D eigenvalue weighted by Gasteiger charge is 2.09. The zero-order valence-electron chi connectivity index (χ0n) is 12.6. The van der Waals surface area contributed by atoms with Gasteiger partial charge in [0.25, 0.3) is 0 Å². The van der Waals surface area contributed by atoms with Crippen LogP contribution in [0.2, 0.25) is 0 Å². The van der Waals surface area contributed by atoms with Crippen LogP contribution in [0.15, 0.2) is 65.4 Å². The first-order valence-electron chi connectivity index (χ1n) is 7.21. The van der Waals surface area contributed by atoms with Crippen molar-refractivity contribution in [3.05, 3.63) is 86.5 Å². The SMILES string of the molecule is O=C(C=Cc1cccs1)c1cccc(C(=O)C=Cc2cccs2)n1. The fourth-order valence-corrected chi connectivity index (χ4v) is 3.20. The van der Waals surface area contributed by atoms with E-state index in [1.165, 1.54) is 12.2 Å². The third-order valence-electron chi connectivity index (χ3n) is 3.14. The second-order valence-electron chi connectivity index (χ2n) is 4.83. The molecule has 0 saturated carbocycles. The second kappa shape index (κ2) is 7.77. The Bertz CT molecular complexity index is 820. The minimum absolute atomic E-state index is 0.222. The number of nitrogens with zero attached hydrogens (tertiary/aromatic N) is 1. The maximum atomic E-state index is 12.2. The van der Waals surface area contributed by atoms with Crippen LogP contribution in [0, 0.1) is 0 Å². The van der Waals surface area contributed by atoms with Gasteiger partial charge in [0, 0.05) is 9.75 Å². The summed E-state index contributed by atoms with van der Waals surface area (Å²) in [6.45, 7) is 0. The molecule has 0 saturated heterocycles. The van der Waals surface area contributed by atoms with Crippen LogP contribution in [0.3, 0.4) is 0 Å². The van der Waals surface area contributed by atoms with Crippen LogP contribution >= 0.6 is 22.7 Å². The fraction of sp³-hybridized carbons (Fsp3) is 0. The molecule has 118 valence electrons. The summed E-state index contributed by atoms with van der Waals surface area (Å²) >= 11 is 3.10. The van der Waals surface area contributed by atoms with E-state index in [0.29, 0.717) is 0 Å². The second-order valence-corrected chi connectivity index (χ2v) is 6.79. The highest BCUT2D eigenvalue weighted by Crippen LogP contribution is 2.13. The van der Waals surface area contributed by atoms with Crippen molar-refractivity contribution < 1.29 is 9.59 Å². The molecule has 0 radical (unpaired) electrons. The highest BCUT2D eigenvalue weighted by molar-refractivity contribution is 7.11. The lowest BCUT2D eigenvalue weighted by molar-refractivity contribution is 0.104. The van der Waals surface area contributed by atoms with Gasteiger partial charge in [-0.1, -0.05) is 18.2 Å². The molecule has 0 aromatic carbocycles. The van der Waals surface area contributed by atoms with Gasteiger partial charge in [0.2, 0.25) is 11.6 Å². The molecule has 0 fully saturated rings. The van der Waals surface area contributed by atoms with Crippen molar-refractivity contribution in [1.82, 2.24) is 4.98 Å². The third kappa shape index (κ3) is 4.22. The smallest absolute Gasteiger partial charge is 0.204 e. The number of ketones is 2. The summed E-state index contributed by atoms with van der Waals surface area (Å²) in [7, 11) is 0. The Kier molecular flexibility index (Phi) is 5.25. The first-order chi connectivity index (χ1) is 11.7. The van der Waals surface area contributed by atoms with E-state index in [-0.39, 0.29) is 23.0 Å². The lowest BCUT2D eigenvalue weighted by Crippen LogP contribution is -2.04. The minimum Gasteiger partial charge on any atom is -0.288 e. The standard InChI is InChI=1S/C19H13NO2S2/c21-18(10-8-14-4-2-12-23-14)16-6-1-7-17(20-16)19(22)11-9-15-5-3-13-24-15/h1-13H. The van der Waals surface area contributed by atoms with Gasteiger partial charge in [-0.2, -0.15) is 0 Å². The molecule has 0 amide bonds. The molecule has 24 heavy (non-hydrogen) atoms. The quantitative estimate of drug-likeness (QED) is 0.464. The molecule has 0 N–H and O–H groups in total. The van der Waals surface area contributed by atoms with E-state index >= 15 is 0 Å². The van der Waals surface area contributed by atoms with Gasteiger partial charge < -0.3 is 0 Å². The number of hydrogen-bond donors (Lipinski definition) is 0. The van der Waals surface area contributed by atoms with Gasteiger partial charge in [0.15, 0.2) is 0 Å². The van der Waals surface area contributed by atoms with Crippen LogP contribution in [0.4, 0.5) is 0 Å². The van der Waals surface area contributed by atoms with E-state index in [2.05, 4.69) is 4.98 Å². The van der Waals surface area contributed by atoms with Gasteiger partial charge in [-0.15, -0.1) is 22.7 Å². The predicted molar refractivity (Wildman–Crippen MR) is 99.6 cm³/mol. The number of carbonyl (C=O) groups is 2. The summed E-state index contributed by atoms with van der Waals surface area (Å²) in [4.78, 5) is 30.5. The first kappa shape index (κ1) is 16.2.